The van der Waals surface area contributed by atoms with Gasteiger partial charge in [0.1, 0.15) is 6.33 Å². The van der Waals surface area contributed by atoms with Gasteiger partial charge in [-0.15, -0.1) is 0 Å². The summed E-state index contributed by atoms with van der Waals surface area (Å²) in [4.78, 5) is 44.7. The quantitative estimate of drug-likeness (QED) is 0.507. The van der Waals surface area contributed by atoms with Crippen molar-refractivity contribution in [1.82, 2.24) is 29.6 Å². The number of amides is 3. The van der Waals surface area contributed by atoms with Crippen LogP contribution in [-0.2, 0) is 4.74 Å². The topological polar surface area (TPSA) is 82.1 Å². The highest BCUT2D eigenvalue weighted by Crippen LogP contribution is 2.38. The number of likely N-dealkylation sites (tertiary alicyclic amines) is 2. The van der Waals surface area contributed by atoms with Crippen LogP contribution < -0.4 is 0 Å². The molecule has 0 spiro atoms. The SMILES string of the molecule is Cc1ncnc(C)c1C(=O)N1CCC(C)(N2CCC(N3C(=O)N(CC4CCOCC4)C[C@@H]3c3ccccc3)CC2)CC1. The first-order chi connectivity index (χ1) is 20.3. The lowest BCUT2D eigenvalue weighted by Crippen LogP contribution is -2.58. The molecular formula is C33H46N6O3. The molecule has 0 radical (unpaired) electrons. The van der Waals surface area contributed by atoms with Crippen molar-refractivity contribution in [3.05, 3.63) is 59.2 Å². The molecule has 9 heteroatoms. The molecule has 1 aromatic heterocycles. The fourth-order valence-electron chi connectivity index (χ4n) is 7.67. The number of nitrogens with zero attached hydrogens (tertiary/aromatic N) is 6. The van der Waals surface area contributed by atoms with Gasteiger partial charge in [-0.2, -0.15) is 0 Å². The molecule has 5 heterocycles. The summed E-state index contributed by atoms with van der Waals surface area (Å²) < 4.78 is 5.57. The van der Waals surface area contributed by atoms with Gasteiger partial charge in [-0.25, -0.2) is 14.8 Å². The predicted molar refractivity (Wildman–Crippen MR) is 161 cm³/mol. The highest BCUT2D eigenvalue weighted by atomic mass is 16.5. The molecular weight excluding hydrogens is 528 g/mol. The van der Waals surface area contributed by atoms with Crippen LogP contribution in [0.4, 0.5) is 4.79 Å². The average molecular weight is 575 g/mol. The number of hydrogen-bond acceptors (Lipinski definition) is 6. The smallest absolute Gasteiger partial charge is 0.320 e. The van der Waals surface area contributed by atoms with Crippen LogP contribution in [0.3, 0.4) is 0 Å². The van der Waals surface area contributed by atoms with E-state index in [-0.39, 0.29) is 29.6 Å². The summed E-state index contributed by atoms with van der Waals surface area (Å²) in [7, 11) is 0. The monoisotopic (exact) mass is 574 g/mol. The maximum atomic E-state index is 13.9. The lowest BCUT2D eigenvalue weighted by molar-refractivity contribution is 0.00483. The van der Waals surface area contributed by atoms with Crippen molar-refractivity contribution < 1.29 is 14.3 Å². The number of carbonyl (C=O) groups is 2. The summed E-state index contributed by atoms with van der Waals surface area (Å²) in [5.74, 6) is 0.581. The zero-order valence-corrected chi connectivity index (χ0v) is 25.5. The van der Waals surface area contributed by atoms with Gasteiger partial charge in [0.2, 0.25) is 0 Å². The number of urea groups is 1. The fraction of sp³-hybridized carbons (Fsp3) is 0.636. The normalized spacial score (nSPS) is 24.4. The largest absolute Gasteiger partial charge is 0.381 e. The van der Waals surface area contributed by atoms with Crippen LogP contribution in [0.25, 0.3) is 0 Å². The number of benzene rings is 1. The standard InChI is InChI=1S/C33H46N6O3/c1-24-30(25(2)35-23-34-24)31(40)36-17-13-33(3,14-18-36)38-15-9-28(10-16-38)39-29(27-7-5-4-6-8-27)22-37(32(39)41)21-26-11-19-42-20-12-26/h4-8,23,26,28-29H,9-22H2,1-3H3/t29-/m1/s1. The van der Waals surface area contributed by atoms with Crippen molar-refractivity contribution in [2.24, 2.45) is 5.92 Å². The van der Waals surface area contributed by atoms with Gasteiger partial charge in [0.05, 0.1) is 23.0 Å². The Morgan fingerprint density at radius 1 is 0.952 bits per heavy atom. The third kappa shape index (κ3) is 5.78. The Morgan fingerprint density at radius 3 is 2.24 bits per heavy atom. The molecule has 0 N–H and O–H groups in total. The molecule has 4 saturated heterocycles. The summed E-state index contributed by atoms with van der Waals surface area (Å²) in [5, 5.41) is 0. The van der Waals surface area contributed by atoms with Crippen molar-refractivity contribution in [3.8, 4) is 0 Å². The van der Waals surface area contributed by atoms with Crippen molar-refractivity contribution >= 4 is 11.9 Å². The zero-order chi connectivity index (χ0) is 29.3. The molecule has 6 rings (SSSR count). The first kappa shape index (κ1) is 29.1. The minimum Gasteiger partial charge on any atom is -0.381 e. The number of piperidine rings is 2. The van der Waals surface area contributed by atoms with Crippen molar-refractivity contribution in [2.75, 3.05) is 52.5 Å². The zero-order valence-electron chi connectivity index (χ0n) is 25.5. The Balaban J connectivity index is 1.09. The van der Waals surface area contributed by atoms with E-state index in [9.17, 15) is 9.59 Å². The molecule has 0 saturated carbocycles. The van der Waals surface area contributed by atoms with Gasteiger partial charge in [-0.05, 0) is 70.8 Å². The van der Waals surface area contributed by atoms with Crippen molar-refractivity contribution in [2.45, 2.75) is 76.9 Å². The van der Waals surface area contributed by atoms with Gasteiger partial charge in [-0.3, -0.25) is 9.69 Å². The molecule has 4 fully saturated rings. The second kappa shape index (κ2) is 12.3. The molecule has 2 aromatic rings. The first-order valence-electron chi connectivity index (χ1n) is 15.9. The van der Waals surface area contributed by atoms with E-state index in [1.807, 2.05) is 18.7 Å². The van der Waals surface area contributed by atoms with Gasteiger partial charge in [-0.1, -0.05) is 30.3 Å². The van der Waals surface area contributed by atoms with Crippen LogP contribution in [0, 0.1) is 19.8 Å². The van der Waals surface area contributed by atoms with Gasteiger partial charge in [0.15, 0.2) is 0 Å². The molecule has 226 valence electrons. The van der Waals surface area contributed by atoms with Crippen LogP contribution >= 0.6 is 0 Å². The van der Waals surface area contributed by atoms with Gasteiger partial charge in [0, 0.05) is 64.1 Å². The van der Waals surface area contributed by atoms with E-state index in [0.717, 1.165) is 102 Å². The Bertz CT molecular complexity index is 1230. The highest BCUT2D eigenvalue weighted by molar-refractivity contribution is 5.96. The predicted octanol–water partition coefficient (Wildman–Crippen LogP) is 4.46. The third-order valence-corrected chi connectivity index (χ3v) is 10.4. The van der Waals surface area contributed by atoms with E-state index in [2.05, 4.69) is 61.9 Å². The van der Waals surface area contributed by atoms with E-state index in [1.54, 1.807) is 0 Å². The Labute approximate surface area is 250 Å². The lowest BCUT2D eigenvalue weighted by Gasteiger charge is -2.50. The minimum absolute atomic E-state index is 0.0520. The number of hydrogen-bond donors (Lipinski definition) is 0. The highest BCUT2D eigenvalue weighted by Gasteiger charge is 2.45. The summed E-state index contributed by atoms with van der Waals surface area (Å²) in [6.07, 6.45) is 7.47. The summed E-state index contributed by atoms with van der Waals surface area (Å²) in [5.41, 5.74) is 3.44. The van der Waals surface area contributed by atoms with Crippen LogP contribution in [-0.4, -0.2) is 106 Å². The van der Waals surface area contributed by atoms with E-state index in [4.69, 9.17) is 4.74 Å². The van der Waals surface area contributed by atoms with E-state index in [0.29, 0.717) is 11.5 Å². The molecule has 1 atom stereocenters. The molecule has 0 bridgehead atoms. The molecule has 0 aliphatic carbocycles. The van der Waals surface area contributed by atoms with Crippen molar-refractivity contribution in [1.29, 1.82) is 0 Å². The molecule has 3 amide bonds. The average Bonchev–Trinajstić information content (AvgIpc) is 3.33. The molecule has 4 aliphatic heterocycles. The summed E-state index contributed by atoms with van der Waals surface area (Å²) >= 11 is 0. The number of rotatable bonds is 6. The maximum Gasteiger partial charge on any atom is 0.320 e. The number of aromatic nitrogens is 2. The number of aryl methyl sites for hydroxylation is 2. The summed E-state index contributed by atoms with van der Waals surface area (Å²) in [6.45, 7) is 12.8. The number of carbonyl (C=O) groups excluding carboxylic acids is 2. The molecule has 4 aliphatic rings. The van der Waals surface area contributed by atoms with Crippen LogP contribution in [0.5, 0.6) is 0 Å². The van der Waals surface area contributed by atoms with Gasteiger partial charge in [0.25, 0.3) is 5.91 Å². The Morgan fingerprint density at radius 2 is 1.60 bits per heavy atom. The van der Waals surface area contributed by atoms with Crippen LogP contribution in [0.15, 0.2) is 36.7 Å². The van der Waals surface area contributed by atoms with E-state index in [1.165, 1.54) is 11.9 Å². The lowest BCUT2D eigenvalue weighted by atomic mass is 9.85. The second-order valence-electron chi connectivity index (χ2n) is 13.0. The molecule has 1 aromatic carbocycles. The molecule has 9 nitrogen and oxygen atoms in total. The second-order valence-corrected chi connectivity index (χ2v) is 13.0. The summed E-state index contributed by atoms with van der Waals surface area (Å²) in [6, 6.07) is 11.2. The van der Waals surface area contributed by atoms with Gasteiger partial charge >= 0.3 is 6.03 Å². The first-order valence-corrected chi connectivity index (χ1v) is 15.9. The van der Waals surface area contributed by atoms with Crippen molar-refractivity contribution in [3.63, 3.8) is 0 Å². The fourth-order valence-corrected chi connectivity index (χ4v) is 7.67. The number of ether oxygens (including phenoxy) is 1. The van der Waals surface area contributed by atoms with Crippen LogP contribution in [0.2, 0.25) is 0 Å². The maximum absolute atomic E-state index is 13.9. The Kier molecular flexibility index (Phi) is 8.50. The van der Waals surface area contributed by atoms with E-state index < -0.39 is 0 Å². The van der Waals surface area contributed by atoms with E-state index >= 15 is 0 Å². The van der Waals surface area contributed by atoms with Gasteiger partial charge < -0.3 is 19.4 Å². The molecule has 0 unspecified atom stereocenters. The minimum atomic E-state index is 0.0520. The van der Waals surface area contributed by atoms with Crippen LogP contribution in [0.1, 0.15) is 78.8 Å². The Hall–Kier alpha value is -3.04. The molecule has 42 heavy (non-hydrogen) atoms. The third-order valence-electron chi connectivity index (χ3n) is 10.4.